The number of rotatable bonds is 3. The highest BCUT2D eigenvalue weighted by molar-refractivity contribution is 6.29. The Bertz CT molecular complexity index is 758. The quantitative estimate of drug-likeness (QED) is 0.747. The highest BCUT2D eigenvalue weighted by Gasteiger charge is 2.51. The minimum absolute atomic E-state index is 0.0116. The number of aromatic nitrogens is 2. The number of halogens is 2. The molecular weight excluding hydrogens is 407 g/mol. The van der Waals surface area contributed by atoms with E-state index in [1.54, 1.807) is 6.07 Å². The summed E-state index contributed by atoms with van der Waals surface area (Å²) in [4.78, 5) is 17.2. The molecule has 7 nitrogen and oxygen atoms in total. The van der Waals surface area contributed by atoms with Crippen LogP contribution in [-0.2, 0) is 4.79 Å². The summed E-state index contributed by atoms with van der Waals surface area (Å²) in [5.74, 6) is 1.12. The van der Waals surface area contributed by atoms with Crippen LogP contribution in [0.15, 0.2) is 12.1 Å². The molecule has 0 spiro atoms. The highest BCUT2D eigenvalue weighted by atomic mass is 35.5. The smallest absolute Gasteiger partial charge is 0.224 e. The number of hydrogen-bond donors (Lipinski definition) is 2. The van der Waals surface area contributed by atoms with Gasteiger partial charge in [0, 0.05) is 50.7 Å². The SMILES string of the molecule is O=C1NC2CC(CN3CCN(c4ccc(Cl)nn4)CC3)CC(F)C2C2NCCCC12. The van der Waals surface area contributed by atoms with Gasteiger partial charge in [0.15, 0.2) is 11.0 Å². The van der Waals surface area contributed by atoms with E-state index in [2.05, 4.69) is 30.6 Å². The van der Waals surface area contributed by atoms with Gasteiger partial charge in [0.05, 0.1) is 5.92 Å². The zero-order valence-electron chi connectivity index (χ0n) is 17.1. The maximum absolute atomic E-state index is 15.3. The molecule has 0 bridgehead atoms. The van der Waals surface area contributed by atoms with Crippen LogP contribution in [0.2, 0.25) is 5.15 Å². The number of anilines is 1. The second-order valence-electron chi connectivity index (χ2n) is 9.28. The Morgan fingerprint density at radius 2 is 2.00 bits per heavy atom. The number of piperazine rings is 1. The van der Waals surface area contributed by atoms with Crippen LogP contribution in [0.25, 0.3) is 0 Å². The Morgan fingerprint density at radius 1 is 1.17 bits per heavy atom. The van der Waals surface area contributed by atoms with Gasteiger partial charge in [-0.2, -0.15) is 0 Å². The fourth-order valence-electron chi connectivity index (χ4n) is 6.02. The van der Waals surface area contributed by atoms with E-state index < -0.39 is 6.17 Å². The number of alkyl halides is 1. The second kappa shape index (κ2) is 8.55. The summed E-state index contributed by atoms with van der Waals surface area (Å²) in [5, 5.41) is 15.1. The predicted molar refractivity (Wildman–Crippen MR) is 113 cm³/mol. The third-order valence-electron chi connectivity index (χ3n) is 7.44. The van der Waals surface area contributed by atoms with E-state index in [1.807, 2.05) is 6.07 Å². The number of nitrogens with one attached hydrogen (secondary N) is 2. The molecule has 4 heterocycles. The van der Waals surface area contributed by atoms with E-state index in [0.29, 0.717) is 11.6 Å². The van der Waals surface area contributed by atoms with Crippen molar-refractivity contribution in [3.8, 4) is 0 Å². The summed E-state index contributed by atoms with van der Waals surface area (Å²) >= 11 is 5.83. The van der Waals surface area contributed by atoms with Crippen molar-refractivity contribution in [2.24, 2.45) is 17.8 Å². The third kappa shape index (κ3) is 4.01. The van der Waals surface area contributed by atoms with Crippen LogP contribution in [0.3, 0.4) is 0 Å². The summed E-state index contributed by atoms with van der Waals surface area (Å²) < 4.78 is 15.3. The van der Waals surface area contributed by atoms with E-state index in [-0.39, 0.29) is 35.7 Å². The summed E-state index contributed by atoms with van der Waals surface area (Å²) in [6.07, 6.45) is 2.51. The van der Waals surface area contributed by atoms with Gasteiger partial charge in [0.1, 0.15) is 6.17 Å². The van der Waals surface area contributed by atoms with Crippen molar-refractivity contribution >= 4 is 23.3 Å². The lowest BCUT2D eigenvalue weighted by atomic mass is 9.66. The van der Waals surface area contributed by atoms with Gasteiger partial charge in [-0.15, -0.1) is 10.2 Å². The van der Waals surface area contributed by atoms with Crippen LogP contribution in [0, 0.1) is 17.8 Å². The van der Waals surface area contributed by atoms with Crippen molar-refractivity contribution in [3.05, 3.63) is 17.3 Å². The standard InChI is InChI=1S/C21H30ClFN6O/c22-17-3-4-18(27-26-17)29-8-6-28(7-9-29)12-13-10-15(23)19-16(11-13)25-21(30)14-2-1-5-24-20(14)19/h3-4,13-16,19-20,24H,1-2,5-12H2,(H,25,30). The maximum Gasteiger partial charge on any atom is 0.224 e. The van der Waals surface area contributed by atoms with Crippen LogP contribution >= 0.6 is 11.6 Å². The molecule has 6 unspecified atom stereocenters. The Balaban J connectivity index is 1.16. The van der Waals surface area contributed by atoms with E-state index in [4.69, 9.17) is 11.6 Å². The van der Waals surface area contributed by atoms with Crippen molar-refractivity contribution in [2.75, 3.05) is 44.2 Å². The Kier molecular flexibility index (Phi) is 5.82. The summed E-state index contributed by atoms with van der Waals surface area (Å²) in [6, 6.07) is 3.64. The number of carbonyl (C=O) groups is 1. The Morgan fingerprint density at radius 3 is 2.77 bits per heavy atom. The summed E-state index contributed by atoms with van der Waals surface area (Å²) in [5.41, 5.74) is 0. The first-order chi connectivity index (χ1) is 14.6. The fraction of sp³-hybridized carbons (Fsp3) is 0.762. The molecule has 4 aliphatic rings. The van der Waals surface area contributed by atoms with Gasteiger partial charge < -0.3 is 15.5 Å². The molecule has 3 aliphatic heterocycles. The molecule has 1 aromatic heterocycles. The van der Waals surface area contributed by atoms with Gasteiger partial charge >= 0.3 is 0 Å². The molecule has 2 N–H and O–H groups in total. The third-order valence-corrected chi connectivity index (χ3v) is 7.64. The van der Waals surface area contributed by atoms with Gasteiger partial charge in [0.2, 0.25) is 5.91 Å². The molecule has 1 aliphatic carbocycles. The molecular formula is C21H30ClFN6O. The van der Waals surface area contributed by atoms with Crippen LogP contribution in [0.1, 0.15) is 25.7 Å². The van der Waals surface area contributed by atoms with E-state index >= 15 is 4.39 Å². The molecule has 3 saturated heterocycles. The summed E-state index contributed by atoms with van der Waals surface area (Å²) in [7, 11) is 0. The topological polar surface area (TPSA) is 73.4 Å². The van der Waals surface area contributed by atoms with Gasteiger partial charge in [0.25, 0.3) is 0 Å². The van der Waals surface area contributed by atoms with E-state index in [0.717, 1.165) is 64.3 Å². The molecule has 9 heteroatoms. The van der Waals surface area contributed by atoms with Crippen molar-refractivity contribution in [3.63, 3.8) is 0 Å². The number of fused-ring (bicyclic) bond motifs is 3. The lowest BCUT2D eigenvalue weighted by molar-refractivity contribution is -0.135. The molecule has 6 atom stereocenters. The Labute approximate surface area is 181 Å². The zero-order chi connectivity index (χ0) is 20.7. The van der Waals surface area contributed by atoms with Crippen LogP contribution in [0.5, 0.6) is 0 Å². The molecule has 0 radical (unpaired) electrons. The van der Waals surface area contributed by atoms with Crippen molar-refractivity contribution in [1.82, 2.24) is 25.7 Å². The number of carbonyl (C=O) groups excluding carboxylic acids is 1. The van der Waals surface area contributed by atoms with Gasteiger partial charge in [-0.25, -0.2) is 4.39 Å². The van der Waals surface area contributed by atoms with Crippen molar-refractivity contribution in [2.45, 2.75) is 43.9 Å². The predicted octanol–water partition coefficient (Wildman–Crippen LogP) is 1.48. The molecule has 1 aromatic rings. The van der Waals surface area contributed by atoms with E-state index in [9.17, 15) is 4.79 Å². The Hall–Kier alpha value is -1.51. The molecule has 5 rings (SSSR count). The van der Waals surface area contributed by atoms with E-state index in [1.165, 1.54) is 0 Å². The van der Waals surface area contributed by atoms with Crippen molar-refractivity contribution in [1.29, 1.82) is 0 Å². The number of hydrogen-bond acceptors (Lipinski definition) is 6. The lowest BCUT2D eigenvalue weighted by Crippen LogP contribution is -2.67. The molecule has 4 fully saturated rings. The molecule has 30 heavy (non-hydrogen) atoms. The normalized spacial score (nSPS) is 37.3. The monoisotopic (exact) mass is 436 g/mol. The van der Waals surface area contributed by atoms with Gasteiger partial charge in [-0.05, 0) is 50.3 Å². The average molecular weight is 437 g/mol. The van der Waals surface area contributed by atoms with Crippen molar-refractivity contribution < 1.29 is 9.18 Å². The zero-order valence-corrected chi connectivity index (χ0v) is 17.9. The molecule has 1 amide bonds. The first-order valence-electron chi connectivity index (χ1n) is 11.2. The molecule has 0 aromatic carbocycles. The maximum atomic E-state index is 15.3. The fourth-order valence-corrected chi connectivity index (χ4v) is 6.12. The van der Waals surface area contributed by atoms with Gasteiger partial charge in [-0.3, -0.25) is 9.69 Å². The first kappa shape index (κ1) is 20.4. The van der Waals surface area contributed by atoms with Gasteiger partial charge in [-0.1, -0.05) is 11.6 Å². The second-order valence-corrected chi connectivity index (χ2v) is 9.66. The highest BCUT2D eigenvalue weighted by Crippen LogP contribution is 2.40. The number of nitrogens with zero attached hydrogens (tertiary/aromatic N) is 4. The van der Waals surface area contributed by atoms with Crippen LogP contribution in [0.4, 0.5) is 10.2 Å². The largest absolute Gasteiger partial charge is 0.353 e. The number of piperidine rings is 2. The number of amides is 1. The summed E-state index contributed by atoms with van der Waals surface area (Å²) in [6.45, 7) is 5.38. The minimum atomic E-state index is -0.849. The lowest BCUT2D eigenvalue weighted by Gasteiger charge is -2.51. The average Bonchev–Trinajstić information content (AvgIpc) is 2.75. The molecule has 164 valence electrons. The first-order valence-corrected chi connectivity index (χ1v) is 11.6. The van der Waals surface area contributed by atoms with Crippen LogP contribution in [-0.4, -0.2) is 78.5 Å². The van der Waals surface area contributed by atoms with Crippen LogP contribution < -0.4 is 15.5 Å². The minimum Gasteiger partial charge on any atom is -0.353 e. The molecule has 1 saturated carbocycles.